The van der Waals surface area contributed by atoms with Gasteiger partial charge in [0.15, 0.2) is 5.82 Å². The first-order valence-electron chi connectivity index (χ1n) is 10.9. The summed E-state index contributed by atoms with van der Waals surface area (Å²) < 4.78 is 27.0. The van der Waals surface area contributed by atoms with Crippen LogP contribution in [-0.4, -0.2) is 43.3 Å². The topological polar surface area (TPSA) is 121 Å². The van der Waals surface area contributed by atoms with Gasteiger partial charge in [0.25, 0.3) is 0 Å². The molecule has 0 radical (unpaired) electrons. The molecule has 3 N–H and O–H groups in total. The Morgan fingerprint density at radius 3 is 2.18 bits per heavy atom. The van der Waals surface area contributed by atoms with Crippen molar-refractivity contribution in [3.8, 4) is 22.6 Å². The predicted molar refractivity (Wildman–Crippen MR) is 128 cm³/mol. The van der Waals surface area contributed by atoms with E-state index in [1.807, 2.05) is 44.2 Å². The maximum absolute atomic E-state index is 13.7. The maximum Gasteiger partial charge on any atom is 0.305 e. The van der Waals surface area contributed by atoms with Gasteiger partial charge in [0.2, 0.25) is 7.37 Å². The van der Waals surface area contributed by atoms with E-state index in [-0.39, 0.29) is 5.92 Å². The minimum atomic E-state index is -4.10. The minimum Gasteiger partial charge on any atom is -0.481 e. The van der Waals surface area contributed by atoms with Crippen molar-refractivity contribution >= 4 is 13.3 Å². The molecule has 0 aliphatic rings. The highest BCUT2D eigenvalue weighted by atomic mass is 31.2. The van der Waals surface area contributed by atoms with E-state index in [1.165, 1.54) is 12.1 Å². The first kappa shape index (κ1) is 25.7. The summed E-state index contributed by atoms with van der Waals surface area (Å²) in [6.07, 6.45) is -2.69. The molecule has 9 heteroatoms. The molecule has 0 saturated carbocycles. The van der Waals surface area contributed by atoms with E-state index in [0.29, 0.717) is 28.3 Å². The van der Waals surface area contributed by atoms with Gasteiger partial charge in [-0.2, -0.15) is 0 Å². The second-order valence-electron chi connectivity index (χ2n) is 8.59. The number of carboxylic acids is 1. The number of benzene rings is 2. The Hall–Kier alpha value is -2.93. The number of halogens is 1. The van der Waals surface area contributed by atoms with E-state index < -0.39 is 43.5 Å². The summed E-state index contributed by atoms with van der Waals surface area (Å²) >= 11 is 0. The zero-order valence-corrected chi connectivity index (χ0v) is 20.1. The smallest absolute Gasteiger partial charge is 0.305 e. The van der Waals surface area contributed by atoms with E-state index in [2.05, 4.69) is 0 Å². The van der Waals surface area contributed by atoms with E-state index in [9.17, 15) is 23.7 Å². The summed E-state index contributed by atoms with van der Waals surface area (Å²) in [7, 11) is -4.10. The van der Waals surface area contributed by atoms with Gasteiger partial charge >= 0.3 is 5.97 Å². The Balaban J connectivity index is 2.22. The predicted octanol–water partition coefficient (Wildman–Crippen LogP) is 5.24. The second-order valence-corrected chi connectivity index (χ2v) is 11.2. The van der Waals surface area contributed by atoms with Crippen molar-refractivity contribution in [2.75, 3.05) is 6.16 Å². The van der Waals surface area contributed by atoms with Gasteiger partial charge in [-0.05, 0) is 37.1 Å². The lowest BCUT2D eigenvalue weighted by Crippen LogP contribution is -2.20. The van der Waals surface area contributed by atoms with Crippen LogP contribution in [0.3, 0.4) is 0 Å². The van der Waals surface area contributed by atoms with Crippen molar-refractivity contribution < 1.29 is 28.9 Å². The molecule has 3 rings (SSSR count). The number of aliphatic hydroxyl groups is 1. The van der Waals surface area contributed by atoms with Crippen molar-refractivity contribution in [2.24, 2.45) is 0 Å². The summed E-state index contributed by atoms with van der Waals surface area (Å²) in [6.45, 7) is 5.36. The van der Waals surface area contributed by atoms with E-state index in [0.717, 1.165) is 5.56 Å². The summed E-state index contributed by atoms with van der Waals surface area (Å²) in [5, 5.41) is 19.0. The van der Waals surface area contributed by atoms with Crippen LogP contribution >= 0.6 is 7.37 Å². The van der Waals surface area contributed by atoms with Gasteiger partial charge in [0.1, 0.15) is 5.82 Å². The number of carbonyl (C=O) groups is 1. The van der Waals surface area contributed by atoms with Gasteiger partial charge in [0, 0.05) is 16.7 Å². The Bertz CT molecular complexity index is 1200. The molecule has 3 unspecified atom stereocenters. The van der Waals surface area contributed by atoms with Crippen molar-refractivity contribution in [1.29, 1.82) is 0 Å². The number of aliphatic carboxylic acids is 1. The molecule has 0 bridgehead atoms. The van der Waals surface area contributed by atoms with Gasteiger partial charge in [-0.1, -0.05) is 44.2 Å². The zero-order valence-electron chi connectivity index (χ0n) is 19.2. The SMILES string of the molecule is CC(C)c1nc(-c2ccccc2)nc(-c2ccc(F)cc2)c1C(C)P(=O)(O)CC(O)CC(=O)O. The molecule has 0 amide bonds. The molecule has 0 saturated heterocycles. The van der Waals surface area contributed by atoms with E-state index >= 15 is 0 Å². The number of aromatic nitrogens is 2. The van der Waals surface area contributed by atoms with Crippen LogP contribution in [0.5, 0.6) is 0 Å². The fourth-order valence-corrected chi connectivity index (χ4v) is 5.52. The van der Waals surface area contributed by atoms with Crippen LogP contribution in [0.15, 0.2) is 54.6 Å². The second kappa shape index (κ2) is 10.6. The third kappa shape index (κ3) is 5.95. The fourth-order valence-electron chi connectivity index (χ4n) is 3.81. The first-order valence-corrected chi connectivity index (χ1v) is 12.9. The Morgan fingerprint density at radius 1 is 1.00 bits per heavy atom. The molecule has 0 fully saturated rings. The molecule has 7 nitrogen and oxygen atoms in total. The number of aliphatic hydroxyl groups excluding tert-OH is 1. The number of carboxylic acid groups (broad SMARTS) is 1. The van der Waals surface area contributed by atoms with Crippen LogP contribution < -0.4 is 0 Å². The van der Waals surface area contributed by atoms with Gasteiger partial charge in [-0.15, -0.1) is 0 Å². The zero-order chi connectivity index (χ0) is 25.0. The van der Waals surface area contributed by atoms with Gasteiger partial charge in [-0.3, -0.25) is 9.36 Å². The molecular weight excluding hydrogens is 458 g/mol. The van der Waals surface area contributed by atoms with Crippen LogP contribution in [0.25, 0.3) is 22.6 Å². The Kier molecular flexibility index (Phi) is 7.97. The molecule has 1 aromatic heterocycles. The molecule has 0 spiro atoms. The third-order valence-corrected chi connectivity index (χ3v) is 7.99. The molecule has 0 aliphatic carbocycles. The molecule has 3 aromatic rings. The van der Waals surface area contributed by atoms with Gasteiger partial charge in [-0.25, -0.2) is 14.4 Å². The fraction of sp³-hybridized carbons (Fsp3) is 0.320. The number of nitrogens with zero attached hydrogens (tertiary/aromatic N) is 2. The van der Waals surface area contributed by atoms with Crippen LogP contribution in [0.2, 0.25) is 0 Å². The standard InChI is InChI=1S/C25H28FN2O5P/c1-15(2)23-22(16(3)34(32,33)14-20(29)13-21(30)31)24(17-9-11-19(26)12-10-17)28-25(27-23)18-7-5-4-6-8-18/h4-12,15-16,20,29H,13-14H2,1-3H3,(H,30,31)(H,32,33). The molecular formula is C25H28FN2O5P. The van der Waals surface area contributed by atoms with Crippen LogP contribution in [0.1, 0.15) is 50.0 Å². The monoisotopic (exact) mass is 486 g/mol. The normalized spacial score (nSPS) is 15.0. The Morgan fingerprint density at radius 2 is 1.62 bits per heavy atom. The van der Waals surface area contributed by atoms with Crippen molar-refractivity contribution in [2.45, 2.75) is 44.9 Å². The average Bonchev–Trinajstić information content (AvgIpc) is 2.77. The molecule has 3 atom stereocenters. The third-order valence-electron chi connectivity index (χ3n) is 5.58. The average molecular weight is 486 g/mol. The summed E-state index contributed by atoms with van der Waals surface area (Å²) in [5.41, 5.74) is 1.69. The Labute approximate surface area is 197 Å². The first-order chi connectivity index (χ1) is 16.0. The highest BCUT2D eigenvalue weighted by molar-refractivity contribution is 7.58. The van der Waals surface area contributed by atoms with Gasteiger partial charge < -0.3 is 15.1 Å². The molecule has 2 aromatic carbocycles. The maximum atomic E-state index is 13.7. The number of hydrogen-bond donors (Lipinski definition) is 3. The minimum absolute atomic E-state index is 0.147. The summed E-state index contributed by atoms with van der Waals surface area (Å²) in [5.74, 6) is -1.40. The lowest BCUT2D eigenvalue weighted by atomic mass is 9.96. The van der Waals surface area contributed by atoms with Crippen LogP contribution in [0, 0.1) is 5.82 Å². The quantitative estimate of drug-likeness (QED) is 0.354. The van der Waals surface area contributed by atoms with Crippen molar-refractivity contribution in [1.82, 2.24) is 9.97 Å². The molecule has 180 valence electrons. The van der Waals surface area contributed by atoms with E-state index in [4.69, 9.17) is 15.1 Å². The van der Waals surface area contributed by atoms with Crippen LogP contribution in [0.4, 0.5) is 4.39 Å². The molecule has 34 heavy (non-hydrogen) atoms. The van der Waals surface area contributed by atoms with Gasteiger partial charge in [0.05, 0.1) is 35.7 Å². The highest BCUT2D eigenvalue weighted by Crippen LogP contribution is 2.58. The molecule has 0 aliphatic heterocycles. The largest absolute Gasteiger partial charge is 0.481 e. The number of rotatable bonds is 9. The van der Waals surface area contributed by atoms with Crippen LogP contribution in [-0.2, 0) is 9.36 Å². The lowest BCUT2D eigenvalue weighted by molar-refractivity contribution is -0.138. The van der Waals surface area contributed by atoms with Crippen molar-refractivity contribution in [3.63, 3.8) is 0 Å². The summed E-state index contributed by atoms with van der Waals surface area (Å²) in [6, 6.07) is 15.0. The van der Waals surface area contributed by atoms with E-state index in [1.54, 1.807) is 19.1 Å². The molecule has 1 heterocycles. The number of hydrogen-bond acceptors (Lipinski definition) is 5. The van der Waals surface area contributed by atoms with Crippen molar-refractivity contribution in [3.05, 3.63) is 71.7 Å². The highest BCUT2D eigenvalue weighted by Gasteiger charge is 2.36. The summed E-state index contributed by atoms with van der Waals surface area (Å²) in [4.78, 5) is 31.3. The lowest BCUT2D eigenvalue weighted by Gasteiger charge is -2.27.